The minimum absolute atomic E-state index is 0.306. The van der Waals surface area contributed by atoms with Crippen LogP contribution in [0, 0.1) is 0 Å². The minimum atomic E-state index is -3.48. The van der Waals surface area contributed by atoms with E-state index in [0.717, 1.165) is 13.0 Å². The van der Waals surface area contributed by atoms with Crippen LogP contribution >= 0.6 is 0 Å². The molecule has 1 aromatic rings. The maximum atomic E-state index is 12.5. The molecule has 148 valence electrons. The normalized spacial score (nSPS) is 13.7. The van der Waals surface area contributed by atoms with E-state index in [9.17, 15) is 8.42 Å². The second-order valence-electron chi connectivity index (χ2n) is 6.63. The fourth-order valence-electron chi connectivity index (χ4n) is 2.57. The predicted molar refractivity (Wildman–Crippen MR) is 109 cm³/mol. The first-order valence-electron chi connectivity index (χ1n) is 9.38. The van der Waals surface area contributed by atoms with Crippen LogP contribution in [0.4, 0.5) is 0 Å². The molecule has 1 rings (SSSR count). The Balaban J connectivity index is 2.91. The molecule has 0 spiro atoms. The molecule has 1 unspecified atom stereocenters. The van der Waals surface area contributed by atoms with Gasteiger partial charge >= 0.3 is 0 Å². The monoisotopic (exact) mass is 382 g/mol. The van der Waals surface area contributed by atoms with Gasteiger partial charge in [-0.15, -0.1) is 0 Å². The van der Waals surface area contributed by atoms with Crippen LogP contribution in [0.3, 0.4) is 0 Å². The number of rotatable bonds is 10. The van der Waals surface area contributed by atoms with Gasteiger partial charge in [0.2, 0.25) is 10.0 Å². The van der Waals surface area contributed by atoms with Crippen LogP contribution < -0.4 is 10.6 Å². The van der Waals surface area contributed by atoms with E-state index in [-0.39, 0.29) is 0 Å². The molecule has 7 heteroatoms. The number of benzene rings is 1. The topological polar surface area (TPSA) is 73.8 Å². The summed E-state index contributed by atoms with van der Waals surface area (Å²) in [5, 5.41) is 6.64. The number of sulfonamides is 1. The number of unbranched alkanes of at least 4 members (excludes halogenated alkanes) is 2. The molecular weight excluding hydrogens is 348 g/mol. The van der Waals surface area contributed by atoms with Crippen molar-refractivity contribution in [2.24, 2.45) is 4.99 Å². The molecule has 1 atom stereocenters. The maximum Gasteiger partial charge on any atom is 0.242 e. The highest BCUT2D eigenvalue weighted by molar-refractivity contribution is 7.89. The second-order valence-corrected chi connectivity index (χ2v) is 8.75. The fraction of sp³-hybridized carbons (Fsp3) is 0.632. The standard InChI is InChI=1S/C19H34N4O2S/c1-6-8-9-12-16(3)22-19(20-7-2)21-15-17-13-10-11-14-18(17)26(24,25)23(4)5/h10-11,13-14,16H,6-9,12,15H2,1-5H3,(H2,20,21,22). The first kappa shape index (κ1) is 22.4. The van der Waals surface area contributed by atoms with Gasteiger partial charge in [0.25, 0.3) is 0 Å². The summed E-state index contributed by atoms with van der Waals surface area (Å²) in [6.07, 6.45) is 4.71. The van der Waals surface area contributed by atoms with Crippen molar-refractivity contribution in [3.05, 3.63) is 29.8 Å². The van der Waals surface area contributed by atoms with E-state index in [1.807, 2.05) is 19.1 Å². The van der Waals surface area contributed by atoms with E-state index in [4.69, 9.17) is 0 Å². The highest BCUT2D eigenvalue weighted by Crippen LogP contribution is 2.19. The van der Waals surface area contributed by atoms with Crippen molar-refractivity contribution < 1.29 is 8.42 Å². The maximum absolute atomic E-state index is 12.5. The van der Waals surface area contributed by atoms with E-state index in [1.54, 1.807) is 26.2 Å². The molecular formula is C19H34N4O2S. The van der Waals surface area contributed by atoms with Gasteiger partial charge in [-0.3, -0.25) is 0 Å². The Labute approximate surface area is 159 Å². The Morgan fingerprint density at radius 2 is 1.88 bits per heavy atom. The summed E-state index contributed by atoms with van der Waals surface area (Å²) in [5.74, 6) is 0.716. The predicted octanol–water partition coefficient (Wildman–Crippen LogP) is 2.96. The zero-order valence-corrected chi connectivity index (χ0v) is 17.6. The van der Waals surface area contributed by atoms with Crippen molar-refractivity contribution in [2.45, 2.75) is 63.9 Å². The first-order valence-corrected chi connectivity index (χ1v) is 10.8. The van der Waals surface area contributed by atoms with Gasteiger partial charge in [-0.25, -0.2) is 17.7 Å². The van der Waals surface area contributed by atoms with Crippen molar-refractivity contribution in [1.82, 2.24) is 14.9 Å². The molecule has 0 heterocycles. The SMILES string of the molecule is CCCCCC(C)NC(=NCc1ccccc1S(=O)(=O)N(C)C)NCC. The van der Waals surface area contributed by atoms with Gasteiger partial charge in [0, 0.05) is 26.7 Å². The van der Waals surface area contributed by atoms with E-state index in [2.05, 4.69) is 29.5 Å². The van der Waals surface area contributed by atoms with E-state index in [1.165, 1.54) is 23.6 Å². The Morgan fingerprint density at radius 3 is 2.50 bits per heavy atom. The lowest BCUT2D eigenvalue weighted by molar-refractivity contribution is 0.519. The largest absolute Gasteiger partial charge is 0.357 e. The molecule has 0 aliphatic heterocycles. The van der Waals surface area contributed by atoms with Crippen LogP contribution in [0.5, 0.6) is 0 Å². The molecule has 0 aliphatic rings. The van der Waals surface area contributed by atoms with E-state index >= 15 is 0 Å². The van der Waals surface area contributed by atoms with Crippen LogP contribution in [-0.2, 0) is 16.6 Å². The number of hydrogen-bond acceptors (Lipinski definition) is 3. The Morgan fingerprint density at radius 1 is 1.19 bits per heavy atom. The molecule has 2 N–H and O–H groups in total. The van der Waals surface area contributed by atoms with E-state index in [0.29, 0.717) is 29.0 Å². The summed E-state index contributed by atoms with van der Waals surface area (Å²) in [4.78, 5) is 4.90. The molecule has 0 radical (unpaired) electrons. The van der Waals surface area contributed by atoms with Crippen LogP contribution in [-0.4, -0.2) is 45.4 Å². The summed E-state index contributed by atoms with van der Waals surface area (Å²) in [5.41, 5.74) is 0.692. The molecule has 0 aromatic heterocycles. The quantitative estimate of drug-likeness (QED) is 0.371. The number of hydrogen-bond donors (Lipinski definition) is 2. The number of guanidine groups is 1. The molecule has 0 saturated heterocycles. The minimum Gasteiger partial charge on any atom is -0.357 e. The zero-order chi connectivity index (χ0) is 19.6. The molecule has 0 bridgehead atoms. The van der Waals surface area contributed by atoms with Crippen molar-refractivity contribution >= 4 is 16.0 Å². The molecule has 6 nitrogen and oxygen atoms in total. The van der Waals surface area contributed by atoms with Crippen molar-refractivity contribution in [3.8, 4) is 0 Å². The lowest BCUT2D eigenvalue weighted by atomic mass is 10.1. The molecule has 0 amide bonds. The molecule has 0 fully saturated rings. The summed E-state index contributed by atoms with van der Waals surface area (Å²) < 4.78 is 26.2. The smallest absolute Gasteiger partial charge is 0.242 e. The highest BCUT2D eigenvalue weighted by Gasteiger charge is 2.20. The third kappa shape index (κ3) is 6.96. The lowest BCUT2D eigenvalue weighted by Crippen LogP contribution is -2.42. The first-order chi connectivity index (χ1) is 12.3. The van der Waals surface area contributed by atoms with Gasteiger partial charge in [0.1, 0.15) is 0 Å². The van der Waals surface area contributed by atoms with Crippen molar-refractivity contribution in [2.75, 3.05) is 20.6 Å². The van der Waals surface area contributed by atoms with Gasteiger partial charge < -0.3 is 10.6 Å². The Hall–Kier alpha value is -1.60. The summed E-state index contributed by atoms with van der Waals surface area (Å²) in [6, 6.07) is 7.35. The van der Waals surface area contributed by atoms with Crippen LogP contribution in [0.15, 0.2) is 34.2 Å². The summed E-state index contributed by atoms with van der Waals surface area (Å²) in [7, 11) is -0.401. The molecule has 1 aromatic carbocycles. The zero-order valence-electron chi connectivity index (χ0n) is 16.7. The van der Waals surface area contributed by atoms with Crippen LogP contribution in [0.2, 0.25) is 0 Å². The third-order valence-corrected chi connectivity index (χ3v) is 6.02. The van der Waals surface area contributed by atoms with Gasteiger partial charge in [-0.05, 0) is 31.9 Å². The highest BCUT2D eigenvalue weighted by atomic mass is 32.2. The van der Waals surface area contributed by atoms with Gasteiger partial charge in [-0.1, -0.05) is 44.4 Å². The van der Waals surface area contributed by atoms with Crippen LogP contribution in [0.25, 0.3) is 0 Å². The van der Waals surface area contributed by atoms with Gasteiger partial charge in [0.15, 0.2) is 5.96 Å². The van der Waals surface area contributed by atoms with Crippen LogP contribution in [0.1, 0.15) is 52.0 Å². The summed E-state index contributed by atoms with van der Waals surface area (Å²) >= 11 is 0. The fourth-order valence-corrected chi connectivity index (χ4v) is 3.68. The second kappa shape index (κ2) is 11.2. The average Bonchev–Trinajstić information content (AvgIpc) is 2.60. The number of nitrogens with one attached hydrogen (secondary N) is 2. The van der Waals surface area contributed by atoms with Gasteiger partial charge in [-0.2, -0.15) is 0 Å². The molecule has 0 saturated carbocycles. The molecule has 26 heavy (non-hydrogen) atoms. The third-order valence-electron chi connectivity index (χ3n) is 4.11. The number of aliphatic imine (C=N–C) groups is 1. The summed E-state index contributed by atoms with van der Waals surface area (Å²) in [6.45, 7) is 7.42. The molecule has 0 aliphatic carbocycles. The Bertz CT molecular complexity index is 672. The van der Waals surface area contributed by atoms with E-state index < -0.39 is 10.0 Å². The van der Waals surface area contributed by atoms with Crippen molar-refractivity contribution in [3.63, 3.8) is 0 Å². The number of nitrogens with zero attached hydrogens (tertiary/aromatic N) is 2. The Kier molecular flexibility index (Phi) is 9.65. The van der Waals surface area contributed by atoms with Gasteiger partial charge in [0.05, 0.1) is 11.4 Å². The van der Waals surface area contributed by atoms with Crippen molar-refractivity contribution in [1.29, 1.82) is 0 Å². The average molecular weight is 383 g/mol. The lowest BCUT2D eigenvalue weighted by Gasteiger charge is -2.18.